The van der Waals surface area contributed by atoms with Gasteiger partial charge < -0.3 is 24.0 Å². The van der Waals surface area contributed by atoms with E-state index in [4.69, 9.17) is 9.15 Å². The normalized spacial score (nSPS) is 16.2. The zero-order valence-corrected chi connectivity index (χ0v) is 15.7. The molecule has 1 atom stereocenters. The number of nitrogens with zero attached hydrogens (tertiary/aromatic N) is 2. The first-order chi connectivity index (χ1) is 13.9. The molecule has 3 rings (SSSR count). The summed E-state index contributed by atoms with van der Waals surface area (Å²) >= 11 is 0. The van der Waals surface area contributed by atoms with Gasteiger partial charge in [-0.3, -0.25) is 14.4 Å². The molecule has 1 aromatic carbocycles. The SMILES string of the molecule is COc1ccc(N2C(=O)C[C@H](N(Cc3ccco3)C(=O)CCC(=O)[O-])C2=O)cc1. The number of carboxylic acid groups (broad SMARTS) is 1. The van der Waals surface area contributed by atoms with E-state index in [1.54, 1.807) is 36.4 Å². The van der Waals surface area contributed by atoms with Crippen LogP contribution in [0.15, 0.2) is 47.1 Å². The number of hydrogen-bond donors (Lipinski definition) is 0. The van der Waals surface area contributed by atoms with Gasteiger partial charge in [-0.1, -0.05) is 0 Å². The van der Waals surface area contributed by atoms with E-state index in [1.807, 2.05) is 0 Å². The molecule has 0 saturated carbocycles. The predicted molar refractivity (Wildman–Crippen MR) is 97.4 cm³/mol. The van der Waals surface area contributed by atoms with Crippen molar-refractivity contribution in [1.29, 1.82) is 0 Å². The lowest BCUT2D eigenvalue weighted by Gasteiger charge is -2.27. The third-order valence-electron chi connectivity index (χ3n) is 4.60. The van der Waals surface area contributed by atoms with Crippen molar-refractivity contribution in [1.82, 2.24) is 4.90 Å². The molecular formula is C20H19N2O7-. The Morgan fingerprint density at radius 1 is 1.21 bits per heavy atom. The maximum atomic E-state index is 13.0. The third-order valence-corrected chi connectivity index (χ3v) is 4.60. The fraction of sp³-hybridized carbons (Fsp3) is 0.300. The Balaban J connectivity index is 1.84. The molecule has 3 amide bonds. The van der Waals surface area contributed by atoms with Crippen LogP contribution in [-0.4, -0.2) is 41.7 Å². The molecule has 1 saturated heterocycles. The van der Waals surface area contributed by atoms with Gasteiger partial charge in [-0.15, -0.1) is 0 Å². The Bertz CT molecular complexity index is 905. The van der Waals surface area contributed by atoms with Gasteiger partial charge in [-0.25, -0.2) is 4.90 Å². The van der Waals surface area contributed by atoms with E-state index in [-0.39, 0.29) is 19.4 Å². The summed E-state index contributed by atoms with van der Waals surface area (Å²) in [6.07, 6.45) is 0.390. The number of methoxy groups -OCH3 is 1. The van der Waals surface area contributed by atoms with E-state index in [1.165, 1.54) is 18.3 Å². The average molecular weight is 399 g/mol. The van der Waals surface area contributed by atoms with Gasteiger partial charge in [0.05, 0.1) is 32.0 Å². The number of hydrogen-bond acceptors (Lipinski definition) is 7. The Morgan fingerprint density at radius 2 is 1.93 bits per heavy atom. The summed E-state index contributed by atoms with van der Waals surface area (Å²) in [5.41, 5.74) is 0.364. The van der Waals surface area contributed by atoms with Crippen LogP contribution >= 0.6 is 0 Å². The summed E-state index contributed by atoms with van der Waals surface area (Å²) in [5.74, 6) is -1.98. The van der Waals surface area contributed by atoms with E-state index in [0.29, 0.717) is 17.2 Å². The number of carbonyl (C=O) groups excluding carboxylic acids is 4. The second kappa shape index (κ2) is 8.59. The van der Waals surface area contributed by atoms with Gasteiger partial charge in [0.1, 0.15) is 17.6 Å². The van der Waals surface area contributed by atoms with Crippen molar-refractivity contribution in [2.45, 2.75) is 31.8 Å². The number of aliphatic carboxylic acids is 1. The summed E-state index contributed by atoms with van der Waals surface area (Å²) in [4.78, 5) is 51.1. The average Bonchev–Trinajstić information content (AvgIpc) is 3.32. The number of furan rings is 1. The number of amides is 3. The first kappa shape index (κ1) is 20.1. The number of carboxylic acids is 1. The van der Waals surface area contributed by atoms with Crippen LogP contribution in [0, 0.1) is 0 Å². The van der Waals surface area contributed by atoms with Crippen LogP contribution in [0.5, 0.6) is 5.75 Å². The highest BCUT2D eigenvalue weighted by atomic mass is 16.5. The van der Waals surface area contributed by atoms with Crippen molar-refractivity contribution >= 4 is 29.4 Å². The minimum Gasteiger partial charge on any atom is -0.550 e. The van der Waals surface area contributed by atoms with Crippen molar-refractivity contribution in [3.05, 3.63) is 48.4 Å². The van der Waals surface area contributed by atoms with Crippen molar-refractivity contribution in [2.75, 3.05) is 12.0 Å². The molecular weight excluding hydrogens is 380 g/mol. The van der Waals surface area contributed by atoms with Crippen molar-refractivity contribution in [3.8, 4) is 5.75 Å². The molecule has 152 valence electrons. The summed E-state index contributed by atoms with van der Waals surface area (Å²) in [7, 11) is 1.50. The van der Waals surface area contributed by atoms with E-state index < -0.39 is 36.2 Å². The lowest BCUT2D eigenvalue weighted by atomic mass is 10.1. The Morgan fingerprint density at radius 3 is 2.52 bits per heavy atom. The van der Waals surface area contributed by atoms with E-state index >= 15 is 0 Å². The summed E-state index contributed by atoms with van der Waals surface area (Å²) in [6, 6.07) is 8.59. The molecule has 9 nitrogen and oxygen atoms in total. The van der Waals surface area contributed by atoms with Crippen LogP contribution < -0.4 is 14.7 Å². The van der Waals surface area contributed by atoms with Crippen LogP contribution in [0.25, 0.3) is 0 Å². The summed E-state index contributed by atoms with van der Waals surface area (Å²) < 4.78 is 10.3. The minimum absolute atomic E-state index is 0.0565. The topological polar surface area (TPSA) is 120 Å². The van der Waals surface area contributed by atoms with Crippen LogP contribution in [0.3, 0.4) is 0 Å². The number of rotatable bonds is 8. The minimum atomic E-state index is -1.37. The summed E-state index contributed by atoms with van der Waals surface area (Å²) in [6.45, 7) is -0.0565. The molecule has 0 radical (unpaired) electrons. The number of ether oxygens (including phenoxy) is 1. The van der Waals surface area contributed by atoms with Gasteiger partial charge in [-0.05, 0) is 42.8 Å². The van der Waals surface area contributed by atoms with E-state index in [9.17, 15) is 24.3 Å². The quantitative estimate of drug-likeness (QED) is 0.592. The standard InChI is InChI=1S/C20H20N2O7/c1-28-14-6-4-13(5-7-14)22-18(24)11-16(20(22)27)21(12-15-3-2-10-29-15)17(23)8-9-19(25)26/h2-7,10,16H,8-9,11-12H2,1H3,(H,25,26)/p-1/t16-/m0/s1. The van der Waals surface area contributed by atoms with Crippen LogP contribution in [0.4, 0.5) is 5.69 Å². The molecule has 2 heterocycles. The molecule has 1 aliphatic heterocycles. The molecule has 9 heteroatoms. The number of carbonyl (C=O) groups is 4. The highest BCUT2D eigenvalue weighted by molar-refractivity contribution is 6.23. The Hall–Kier alpha value is -3.62. The van der Waals surface area contributed by atoms with Crippen molar-refractivity contribution in [3.63, 3.8) is 0 Å². The molecule has 1 aliphatic rings. The molecule has 29 heavy (non-hydrogen) atoms. The predicted octanol–water partition coefficient (Wildman–Crippen LogP) is 0.479. The van der Waals surface area contributed by atoms with Crippen molar-refractivity contribution in [2.24, 2.45) is 0 Å². The largest absolute Gasteiger partial charge is 0.550 e. The van der Waals surface area contributed by atoms with Gasteiger partial charge >= 0.3 is 0 Å². The van der Waals surface area contributed by atoms with Crippen LogP contribution in [0.1, 0.15) is 25.0 Å². The van der Waals surface area contributed by atoms with Crippen molar-refractivity contribution < 1.29 is 33.4 Å². The number of benzene rings is 1. The number of anilines is 1. The highest BCUT2D eigenvalue weighted by Gasteiger charge is 2.44. The third kappa shape index (κ3) is 4.45. The first-order valence-corrected chi connectivity index (χ1v) is 8.93. The fourth-order valence-electron chi connectivity index (χ4n) is 3.16. The lowest BCUT2D eigenvalue weighted by molar-refractivity contribution is -0.305. The smallest absolute Gasteiger partial charge is 0.257 e. The molecule has 2 aromatic rings. The molecule has 0 unspecified atom stereocenters. The Kier molecular flexibility index (Phi) is 5.96. The maximum Gasteiger partial charge on any atom is 0.257 e. The fourth-order valence-corrected chi connectivity index (χ4v) is 3.16. The molecule has 0 bridgehead atoms. The van der Waals surface area contributed by atoms with Gasteiger partial charge in [0.15, 0.2) is 0 Å². The van der Waals surface area contributed by atoms with Crippen LogP contribution in [0.2, 0.25) is 0 Å². The second-order valence-corrected chi connectivity index (χ2v) is 6.46. The van der Waals surface area contributed by atoms with Crippen LogP contribution in [-0.2, 0) is 25.7 Å². The van der Waals surface area contributed by atoms with E-state index in [2.05, 4.69) is 0 Å². The first-order valence-electron chi connectivity index (χ1n) is 8.93. The zero-order chi connectivity index (χ0) is 21.0. The molecule has 0 N–H and O–H groups in total. The zero-order valence-electron chi connectivity index (χ0n) is 15.7. The Labute approximate surface area is 166 Å². The van der Waals surface area contributed by atoms with Gasteiger partial charge in [0.2, 0.25) is 11.8 Å². The highest BCUT2D eigenvalue weighted by Crippen LogP contribution is 2.28. The molecule has 0 aliphatic carbocycles. The van der Waals surface area contributed by atoms with Gasteiger partial charge in [0.25, 0.3) is 5.91 Å². The van der Waals surface area contributed by atoms with Gasteiger partial charge in [-0.2, -0.15) is 0 Å². The molecule has 1 aromatic heterocycles. The van der Waals surface area contributed by atoms with Gasteiger partial charge in [0, 0.05) is 12.4 Å². The molecule has 0 spiro atoms. The maximum absolute atomic E-state index is 13.0. The second-order valence-electron chi connectivity index (χ2n) is 6.46. The molecule has 1 fully saturated rings. The number of imide groups is 1. The van der Waals surface area contributed by atoms with E-state index in [0.717, 1.165) is 4.90 Å². The summed E-state index contributed by atoms with van der Waals surface area (Å²) in [5, 5.41) is 10.7. The lowest BCUT2D eigenvalue weighted by Crippen LogP contribution is -2.45. The monoisotopic (exact) mass is 399 g/mol.